The first-order valence-corrected chi connectivity index (χ1v) is 6.86. The first-order valence-electron chi connectivity index (χ1n) is 6.86. The van der Waals surface area contributed by atoms with Gasteiger partial charge in [0.15, 0.2) is 0 Å². The SMILES string of the molecule is COC(=O)NC[C@]1(C)C[C@H](NC(=O)OC)CC(C)(C)C1. The Labute approximate surface area is 120 Å². The van der Waals surface area contributed by atoms with Crippen LogP contribution in [0.5, 0.6) is 0 Å². The largest absolute Gasteiger partial charge is 0.453 e. The molecule has 0 bridgehead atoms. The average molecular weight is 286 g/mol. The van der Waals surface area contributed by atoms with E-state index in [2.05, 4.69) is 40.9 Å². The minimum Gasteiger partial charge on any atom is -0.453 e. The highest BCUT2D eigenvalue weighted by molar-refractivity contribution is 5.67. The lowest BCUT2D eigenvalue weighted by Gasteiger charge is -2.46. The number of carbonyl (C=O) groups excluding carboxylic acids is 2. The summed E-state index contributed by atoms with van der Waals surface area (Å²) in [6, 6.07) is 0.0515. The van der Waals surface area contributed by atoms with Gasteiger partial charge in [-0.1, -0.05) is 20.8 Å². The first kappa shape index (κ1) is 16.6. The zero-order chi connectivity index (χ0) is 15.4. The molecule has 0 radical (unpaired) electrons. The predicted octanol–water partition coefficient (Wildman–Crippen LogP) is 2.28. The van der Waals surface area contributed by atoms with Crippen LogP contribution in [-0.2, 0) is 9.47 Å². The van der Waals surface area contributed by atoms with E-state index in [0.717, 1.165) is 19.3 Å². The molecule has 1 aliphatic rings. The van der Waals surface area contributed by atoms with Crippen molar-refractivity contribution in [2.75, 3.05) is 20.8 Å². The Hall–Kier alpha value is -1.46. The minimum atomic E-state index is -0.424. The third-order valence-corrected chi connectivity index (χ3v) is 3.80. The summed E-state index contributed by atoms with van der Waals surface area (Å²) in [5.41, 5.74) is 0.0120. The number of hydrogen-bond donors (Lipinski definition) is 2. The number of methoxy groups -OCH3 is 2. The van der Waals surface area contributed by atoms with Crippen LogP contribution in [-0.4, -0.2) is 39.0 Å². The molecular formula is C14H26N2O4. The molecule has 0 aliphatic heterocycles. The van der Waals surface area contributed by atoms with Gasteiger partial charge in [-0.2, -0.15) is 0 Å². The summed E-state index contributed by atoms with van der Waals surface area (Å²) in [7, 11) is 2.71. The molecule has 0 saturated heterocycles. The molecule has 1 saturated carbocycles. The molecule has 1 aliphatic carbocycles. The topological polar surface area (TPSA) is 76.7 Å². The lowest BCUT2D eigenvalue weighted by Crippen LogP contribution is -2.50. The van der Waals surface area contributed by atoms with Crippen LogP contribution in [0, 0.1) is 10.8 Å². The van der Waals surface area contributed by atoms with Gasteiger partial charge in [-0.25, -0.2) is 9.59 Å². The summed E-state index contributed by atoms with van der Waals surface area (Å²) >= 11 is 0. The van der Waals surface area contributed by atoms with Crippen molar-refractivity contribution in [1.82, 2.24) is 10.6 Å². The van der Waals surface area contributed by atoms with E-state index >= 15 is 0 Å². The Kier molecular flexibility index (Phi) is 5.25. The van der Waals surface area contributed by atoms with Gasteiger partial charge in [0.05, 0.1) is 14.2 Å². The van der Waals surface area contributed by atoms with Gasteiger partial charge in [-0.05, 0) is 30.1 Å². The van der Waals surface area contributed by atoms with E-state index in [1.165, 1.54) is 14.2 Å². The van der Waals surface area contributed by atoms with E-state index in [1.54, 1.807) is 0 Å². The van der Waals surface area contributed by atoms with Gasteiger partial charge in [0.2, 0.25) is 0 Å². The van der Waals surface area contributed by atoms with Crippen LogP contribution in [0.4, 0.5) is 9.59 Å². The third kappa shape index (κ3) is 4.90. The van der Waals surface area contributed by atoms with Crippen LogP contribution in [0.3, 0.4) is 0 Å². The van der Waals surface area contributed by atoms with Crippen molar-refractivity contribution >= 4 is 12.2 Å². The van der Waals surface area contributed by atoms with Crippen LogP contribution < -0.4 is 10.6 Å². The Morgan fingerprint density at radius 1 is 1.10 bits per heavy atom. The lowest BCUT2D eigenvalue weighted by atomic mass is 9.62. The molecule has 1 rings (SSSR count). The minimum absolute atomic E-state index is 0.0515. The quantitative estimate of drug-likeness (QED) is 0.834. The monoisotopic (exact) mass is 286 g/mol. The van der Waals surface area contributed by atoms with Crippen molar-refractivity contribution in [3.8, 4) is 0 Å². The number of hydrogen-bond acceptors (Lipinski definition) is 4. The van der Waals surface area contributed by atoms with Gasteiger partial charge in [-0.15, -0.1) is 0 Å². The van der Waals surface area contributed by atoms with Crippen molar-refractivity contribution in [2.24, 2.45) is 10.8 Å². The van der Waals surface area contributed by atoms with Crippen LogP contribution in [0.1, 0.15) is 40.0 Å². The molecule has 0 aromatic carbocycles. The standard InChI is InChI=1S/C14H26N2O4/c1-13(2)6-10(16-12(18)20-5)7-14(3,8-13)9-15-11(17)19-4/h10H,6-9H2,1-5H3,(H,15,17)(H,16,18)/t10-,14-/m1/s1. The highest BCUT2D eigenvalue weighted by atomic mass is 16.5. The zero-order valence-corrected chi connectivity index (χ0v) is 13.0. The maximum Gasteiger partial charge on any atom is 0.407 e. The fraction of sp³-hybridized carbons (Fsp3) is 0.857. The van der Waals surface area contributed by atoms with Gasteiger partial charge in [0.25, 0.3) is 0 Å². The fourth-order valence-corrected chi connectivity index (χ4v) is 3.45. The molecule has 0 aromatic heterocycles. The van der Waals surface area contributed by atoms with Gasteiger partial charge in [0, 0.05) is 12.6 Å². The number of rotatable bonds is 3. The molecule has 116 valence electrons. The van der Waals surface area contributed by atoms with Gasteiger partial charge >= 0.3 is 12.2 Å². The van der Waals surface area contributed by atoms with Gasteiger partial charge in [0.1, 0.15) is 0 Å². The van der Waals surface area contributed by atoms with E-state index in [4.69, 9.17) is 0 Å². The summed E-state index contributed by atoms with van der Waals surface area (Å²) in [5, 5.41) is 5.64. The molecule has 6 heteroatoms. The Balaban J connectivity index is 2.70. The summed E-state index contributed by atoms with van der Waals surface area (Å²) in [4.78, 5) is 22.6. The molecule has 0 heterocycles. The fourth-order valence-electron chi connectivity index (χ4n) is 3.45. The number of ether oxygens (including phenoxy) is 2. The molecule has 0 unspecified atom stereocenters. The van der Waals surface area contributed by atoms with Crippen molar-refractivity contribution in [3.05, 3.63) is 0 Å². The van der Waals surface area contributed by atoms with Crippen LogP contribution >= 0.6 is 0 Å². The number of nitrogens with one attached hydrogen (secondary N) is 2. The smallest absolute Gasteiger partial charge is 0.407 e. The summed E-state index contributed by atoms with van der Waals surface area (Å²) < 4.78 is 9.27. The summed E-state index contributed by atoms with van der Waals surface area (Å²) in [6.07, 6.45) is 1.84. The number of carbonyl (C=O) groups is 2. The molecule has 1 fully saturated rings. The van der Waals surface area contributed by atoms with Gasteiger partial charge < -0.3 is 20.1 Å². The normalized spacial score (nSPS) is 28.4. The second-order valence-electron chi connectivity index (χ2n) is 6.74. The molecule has 2 atom stereocenters. The molecule has 2 amide bonds. The molecule has 0 spiro atoms. The molecule has 20 heavy (non-hydrogen) atoms. The molecule has 6 nitrogen and oxygen atoms in total. The van der Waals surface area contributed by atoms with Crippen LogP contribution in [0.15, 0.2) is 0 Å². The Morgan fingerprint density at radius 2 is 1.70 bits per heavy atom. The maximum atomic E-state index is 11.4. The van der Waals surface area contributed by atoms with Crippen molar-refractivity contribution in [3.63, 3.8) is 0 Å². The van der Waals surface area contributed by atoms with E-state index in [1.807, 2.05) is 0 Å². The number of alkyl carbamates (subject to hydrolysis) is 2. The van der Waals surface area contributed by atoms with E-state index in [0.29, 0.717) is 6.54 Å². The van der Waals surface area contributed by atoms with Crippen LogP contribution in [0.2, 0.25) is 0 Å². The van der Waals surface area contributed by atoms with Crippen molar-refractivity contribution < 1.29 is 19.1 Å². The highest BCUT2D eigenvalue weighted by Gasteiger charge is 2.42. The first-order chi connectivity index (χ1) is 9.19. The van der Waals surface area contributed by atoms with Crippen LogP contribution in [0.25, 0.3) is 0 Å². The van der Waals surface area contributed by atoms with Gasteiger partial charge in [-0.3, -0.25) is 0 Å². The number of amides is 2. The third-order valence-electron chi connectivity index (χ3n) is 3.80. The molecular weight excluding hydrogens is 260 g/mol. The summed E-state index contributed by atoms with van der Waals surface area (Å²) in [5.74, 6) is 0. The summed E-state index contributed by atoms with van der Waals surface area (Å²) in [6.45, 7) is 7.00. The van der Waals surface area contributed by atoms with Crippen molar-refractivity contribution in [1.29, 1.82) is 0 Å². The van der Waals surface area contributed by atoms with E-state index in [9.17, 15) is 9.59 Å². The van der Waals surface area contributed by atoms with E-state index in [-0.39, 0.29) is 16.9 Å². The van der Waals surface area contributed by atoms with Crippen molar-refractivity contribution in [2.45, 2.75) is 46.1 Å². The zero-order valence-electron chi connectivity index (χ0n) is 13.0. The second-order valence-corrected chi connectivity index (χ2v) is 6.74. The lowest BCUT2D eigenvalue weighted by molar-refractivity contribution is 0.0662. The molecule has 0 aromatic rings. The Morgan fingerprint density at radius 3 is 2.25 bits per heavy atom. The Bertz CT molecular complexity index is 370. The second kappa shape index (κ2) is 6.33. The highest BCUT2D eigenvalue weighted by Crippen LogP contribution is 2.45. The molecule has 2 N–H and O–H groups in total. The average Bonchev–Trinajstić information content (AvgIpc) is 2.33. The predicted molar refractivity (Wildman–Crippen MR) is 75.5 cm³/mol. The van der Waals surface area contributed by atoms with E-state index < -0.39 is 12.2 Å². The maximum absolute atomic E-state index is 11.4.